The maximum atomic E-state index is 11.6. The number of hydrogen-bond donors (Lipinski definition) is 2. The Hall–Kier alpha value is -1.33. The smallest absolute Gasteiger partial charge is 0.250 e. The molecule has 0 spiro atoms. The predicted molar refractivity (Wildman–Crippen MR) is 72.0 cm³/mol. The van der Waals surface area contributed by atoms with Gasteiger partial charge in [0.1, 0.15) is 0 Å². The predicted octanol–water partition coefficient (Wildman–Crippen LogP) is 1.07. The molecule has 5 nitrogen and oxygen atoms in total. The maximum Gasteiger partial charge on any atom is 0.250 e. The van der Waals surface area contributed by atoms with E-state index in [1.54, 1.807) is 37.8 Å². The summed E-state index contributed by atoms with van der Waals surface area (Å²) in [5.74, 6) is 0. The van der Waals surface area contributed by atoms with Crippen LogP contribution in [0.4, 0.5) is 5.69 Å². The summed E-state index contributed by atoms with van der Waals surface area (Å²) in [6, 6.07) is 3.11. The molecule has 0 fully saturated rings. The first-order chi connectivity index (χ1) is 8.34. The van der Waals surface area contributed by atoms with Crippen molar-refractivity contribution in [2.75, 3.05) is 19.0 Å². The molecule has 18 heavy (non-hydrogen) atoms. The highest BCUT2D eigenvalue weighted by atomic mass is 16.5. The highest BCUT2D eigenvalue weighted by molar-refractivity contribution is 5.41. The molecule has 102 valence electrons. The van der Waals surface area contributed by atoms with Gasteiger partial charge in [0.25, 0.3) is 5.56 Å². The summed E-state index contributed by atoms with van der Waals surface area (Å²) in [5.41, 5.74) is -0.0816. The fourth-order valence-electron chi connectivity index (χ4n) is 1.41. The standard InChI is InChI=1S/C13H22N2O3/c1-10(13(2,3)17)14-11-5-6-12(16)15(9-11)7-8-18-4/h5-6,9-10,14,17H,7-8H2,1-4H3. The van der Waals surface area contributed by atoms with E-state index in [1.807, 2.05) is 6.92 Å². The molecular weight excluding hydrogens is 232 g/mol. The van der Waals surface area contributed by atoms with Crippen molar-refractivity contribution in [2.45, 2.75) is 39.0 Å². The molecule has 1 rings (SSSR count). The van der Waals surface area contributed by atoms with E-state index in [0.717, 1.165) is 5.69 Å². The minimum Gasteiger partial charge on any atom is -0.388 e. The van der Waals surface area contributed by atoms with Gasteiger partial charge in [0.2, 0.25) is 0 Å². The summed E-state index contributed by atoms with van der Waals surface area (Å²) < 4.78 is 6.54. The summed E-state index contributed by atoms with van der Waals surface area (Å²) in [5, 5.41) is 13.0. The molecule has 1 atom stereocenters. The Bertz CT molecular complexity index is 435. The molecule has 1 aromatic rings. The third-order valence-electron chi connectivity index (χ3n) is 2.96. The molecule has 1 aromatic heterocycles. The number of rotatable bonds is 6. The van der Waals surface area contributed by atoms with E-state index in [-0.39, 0.29) is 11.6 Å². The zero-order valence-corrected chi connectivity index (χ0v) is 11.4. The summed E-state index contributed by atoms with van der Waals surface area (Å²) in [6.45, 7) is 6.38. The van der Waals surface area contributed by atoms with Crippen LogP contribution in [0.3, 0.4) is 0 Å². The van der Waals surface area contributed by atoms with Crippen LogP contribution in [0.15, 0.2) is 23.1 Å². The van der Waals surface area contributed by atoms with Crippen LogP contribution in [0.1, 0.15) is 20.8 Å². The normalized spacial score (nSPS) is 13.4. The number of nitrogens with zero attached hydrogens (tertiary/aromatic N) is 1. The molecule has 5 heteroatoms. The van der Waals surface area contributed by atoms with Crippen LogP contribution in [-0.4, -0.2) is 35.0 Å². The molecule has 0 radical (unpaired) electrons. The lowest BCUT2D eigenvalue weighted by Crippen LogP contribution is -2.39. The van der Waals surface area contributed by atoms with Gasteiger partial charge in [-0.25, -0.2) is 0 Å². The Balaban J connectivity index is 2.82. The summed E-state index contributed by atoms with van der Waals surface area (Å²) in [4.78, 5) is 11.6. The van der Waals surface area contributed by atoms with Crippen molar-refractivity contribution in [3.8, 4) is 0 Å². The molecular formula is C13H22N2O3. The van der Waals surface area contributed by atoms with Crippen LogP contribution in [-0.2, 0) is 11.3 Å². The first-order valence-electron chi connectivity index (χ1n) is 6.03. The minimum atomic E-state index is -0.826. The first kappa shape index (κ1) is 14.7. The van der Waals surface area contributed by atoms with Gasteiger partial charge in [-0.15, -0.1) is 0 Å². The van der Waals surface area contributed by atoms with Crippen LogP contribution in [0.2, 0.25) is 0 Å². The van der Waals surface area contributed by atoms with E-state index in [9.17, 15) is 9.90 Å². The van der Waals surface area contributed by atoms with Crippen molar-refractivity contribution in [1.82, 2.24) is 4.57 Å². The third-order valence-corrected chi connectivity index (χ3v) is 2.96. The second kappa shape index (κ2) is 6.02. The van der Waals surface area contributed by atoms with Crippen molar-refractivity contribution in [2.24, 2.45) is 0 Å². The van der Waals surface area contributed by atoms with Gasteiger partial charge in [-0.3, -0.25) is 4.79 Å². The van der Waals surface area contributed by atoms with E-state index in [4.69, 9.17) is 4.74 Å². The van der Waals surface area contributed by atoms with Crippen LogP contribution < -0.4 is 10.9 Å². The van der Waals surface area contributed by atoms with Crippen molar-refractivity contribution >= 4 is 5.69 Å². The summed E-state index contributed by atoms with van der Waals surface area (Å²) in [7, 11) is 1.60. The second-order valence-electron chi connectivity index (χ2n) is 4.96. The third kappa shape index (κ3) is 4.16. The van der Waals surface area contributed by atoms with Gasteiger partial charge in [-0.1, -0.05) is 0 Å². The number of pyridine rings is 1. The van der Waals surface area contributed by atoms with E-state index in [1.165, 1.54) is 6.07 Å². The van der Waals surface area contributed by atoms with Gasteiger partial charge >= 0.3 is 0 Å². The number of ether oxygens (including phenoxy) is 1. The van der Waals surface area contributed by atoms with E-state index >= 15 is 0 Å². The van der Waals surface area contributed by atoms with E-state index in [2.05, 4.69) is 5.32 Å². The lowest BCUT2D eigenvalue weighted by Gasteiger charge is -2.27. The Kier molecular flexibility index (Phi) is 4.93. The van der Waals surface area contributed by atoms with Crippen molar-refractivity contribution < 1.29 is 9.84 Å². The summed E-state index contributed by atoms with van der Waals surface area (Å²) >= 11 is 0. The van der Waals surface area contributed by atoms with Gasteiger partial charge in [0.05, 0.1) is 23.9 Å². The zero-order chi connectivity index (χ0) is 13.8. The number of methoxy groups -OCH3 is 1. The SMILES string of the molecule is COCCn1cc(NC(C)C(C)(C)O)ccc1=O. The first-order valence-corrected chi connectivity index (χ1v) is 6.03. The minimum absolute atomic E-state index is 0.0616. The topological polar surface area (TPSA) is 63.5 Å². The second-order valence-corrected chi connectivity index (χ2v) is 4.96. The molecule has 1 heterocycles. The van der Waals surface area contributed by atoms with Gasteiger partial charge in [-0.2, -0.15) is 0 Å². The Morgan fingerprint density at radius 1 is 1.50 bits per heavy atom. The number of aromatic nitrogens is 1. The quantitative estimate of drug-likeness (QED) is 0.797. The van der Waals surface area contributed by atoms with Crippen molar-refractivity contribution in [3.63, 3.8) is 0 Å². The molecule has 0 aliphatic rings. The van der Waals surface area contributed by atoms with Gasteiger partial charge in [0.15, 0.2) is 0 Å². The Labute approximate surface area is 107 Å². The number of nitrogens with one attached hydrogen (secondary N) is 1. The monoisotopic (exact) mass is 254 g/mol. The Morgan fingerprint density at radius 2 is 2.17 bits per heavy atom. The molecule has 1 unspecified atom stereocenters. The molecule has 2 N–H and O–H groups in total. The molecule has 0 aliphatic carbocycles. The highest BCUT2D eigenvalue weighted by Gasteiger charge is 2.21. The molecule has 0 aliphatic heterocycles. The van der Waals surface area contributed by atoms with Crippen molar-refractivity contribution in [1.29, 1.82) is 0 Å². The van der Waals surface area contributed by atoms with Gasteiger partial charge in [-0.05, 0) is 26.8 Å². The molecule has 0 bridgehead atoms. The lowest BCUT2D eigenvalue weighted by molar-refractivity contribution is 0.0649. The number of anilines is 1. The average molecular weight is 254 g/mol. The van der Waals surface area contributed by atoms with Crippen LogP contribution in [0.5, 0.6) is 0 Å². The lowest BCUT2D eigenvalue weighted by atomic mass is 10.0. The molecule has 0 aromatic carbocycles. The van der Waals surface area contributed by atoms with E-state index < -0.39 is 5.60 Å². The highest BCUT2D eigenvalue weighted by Crippen LogP contribution is 2.14. The number of hydrogen-bond acceptors (Lipinski definition) is 4. The Morgan fingerprint density at radius 3 is 2.72 bits per heavy atom. The maximum absolute atomic E-state index is 11.6. The fourth-order valence-corrected chi connectivity index (χ4v) is 1.41. The van der Waals surface area contributed by atoms with Crippen LogP contribution in [0.25, 0.3) is 0 Å². The zero-order valence-electron chi connectivity index (χ0n) is 11.4. The molecule has 0 saturated carbocycles. The van der Waals surface area contributed by atoms with Gasteiger partial charge < -0.3 is 19.7 Å². The summed E-state index contributed by atoms with van der Waals surface area (Å²) in [6.07, 6.45) is 1.74. The molecule has 0 amide bonds. The number of aliphatic hydroxyl groups is 1. The van der Waals surface area contributed by atoms with Gasteiger partial charge in [0, 0.05) is 25.9 Å². The van der Waals surface area contributed by atoms with Crippen LogP contribution >= 0.6 is 0 Å². The fraction of sp³-hybridized carbons (Fsp3) is 0.615. The average Bonchev–Trinajstić information content (AvgIpc) is 2.28. The van der Waals surface area contributed by atoms with Crippen molar-refractivity contribution in [3.05, 3.63) is 28.7 Å². The van der Waals surface area contributed by atoms with E-state index in [0.29, 0.717) is 13.2 Å². The molecule has 0 saturated heterocycles. The van der Waals surface area contributed by atoms with Crippen LogP contribution in [0, 0.1) is 0 Å². The largest absolute Gasteiger partial charge is 0.388 e.